The predicted molar refractivity (Wildman–Crippen MR) is 102 cm³/mol. The van der Waals surface area contributed by atoms with Crippen molar-refractivity contribution in [3.8, 4) is 11.3 Å². The van der Waals surface area contributed by atoms with E-state index >= 15 is 0 Å². The number of rotatable bonds is 5. The van der Waals surface area contributed by atoms with Crippen molar-refractivity contribution in [2.24, 2.45) is 5.92 Å². The lowest BCUT2D eigenvalue weighted by atomic mass is 10.0. The molecule has 5 nitrogen and oxygen atoms in total. The Balaban J connectivity index is 0.00000225. The molecule has 0 spiro atoms. The van der Waals surface area contributed by atoms with Gasteiger partial charge in [-0.2, -0.15) is 0 Å². The van der Waals surface area contributed by atoms with Crippen LogP contribution >= 0.6 is 35.6 Å². The van der Waals surface area contributed by atoms with Crippen LogP contribution in [0.5, 0.6) is 0 Å². The van der Waals surface area contributed by atoms with E-state index < -0.39 is 0 Å². The van der Waals surface area contributed by atoms with Crippen molar-refractivity contribution in [3.05, 3.63) is 39.6 Å². The summed E-state index contributed by atoms with van der Waals surface area (Å²) in [4.78, 5) is 12.6. The van der Waals surface area contributed by atoms with Crippen LogP contribution in [0.15, 0.2) is 22.7 Å². The molecule has 136 valence electrons. The van der Waals surface area contributed by atoms with Crippen molar-refractivity contribution in [2.75, 3.05) is 19.6 Å². The van der Waals surface area contributed by atoms with Gasteiger partial charge in [-0.05, 0) is 50.9 Å². The van der Waals surface area contributed by atoms with Crippen LogP contribution in [0.25, 0.3) is 11.3 Å². The van der Waals surface area contributed by atoms with Crippen LogP contribution in [0, 0.1) is 12.8 Å². The van der Waals surface area contributed by atoms with Crippen molar-refractivity contribution >= 4 is 41.5 Å². The molecule has 1 aliphatic rings. The molecular formula is C17H20Cl3N3O2. The van der Waals surface area contributed by atoms with E-state index in [1.807, 2.05) is 0 Å². The molecule has 0 bridgehead atoms. The maximum atomic E-state index is 12.6. The Kier molecular flexibility index (Phi) is 7.14. The van der Waals surface area contributed by atoms with Gasteiger partial charge in [-0.1, -0.05) is 34.4 Å². The topological polar surface area (TPSA) is 67.2 Å². The van der Waals surface area contributed by atoms with Gasteiger partial charge >= 0.3 is 0 Å². The summed E-state index contributed by atoms with van der Waals surface area (Å²) in [6, 6.07) is 5.17. The first kappa shape index (κ1) is 20.0. The number of nitrogens with zero attached hydrogens (tertiary/aromatic N) is 1. The molecule has 0 aliphatic carbocycles. The van der Waals surface area contributed by atoms with Gasteiger partial charge in [0.2, 0.25) is 0 Å². The van der Waals surface area contributed by atoms with Gasteiger partial charge in [0.05, 0.1) is 10.0 Å². The summed E-state index contributed by atoms with van der Waals surface area (Å²) in [5.74, 6) is 0.845. The van der Waals surface area contributed by atoms with Gasteiger partial charge in [0, 0.05) is 12.1 Å². The molecule has 8 heteroatoms. The fourth-order valence-electron chi connectivity index (χ4n) is 2.97. The maximum Gasteiger partial charge on any atom is 0.257 e. The third kappa shape index (κ3) is 4.47. The van der Waals surface area contributed by atoms with Crippen LogP contribution in [-0.4, -0.2) is 30.7 Å². The number of aromatic nitrogens is 1. The van der Waals surface area contributed by atoms with Crippen LogP contribution < -0.4 is 10.6 Å². The van der Waals surface area contributed by atoms with Gasteiger partial charge in [0.1, 0.15) is 17.0 Å². The fraction of sp³-hybridized carbons (Fsp3) is 0.412. The second-order valence-electron chi connectivity index (χ2n) is 5.96. The van der Waals surface area contributed by atoms with Crippen molar-refractivity contribution in [1.29, 1.82) is 0 Å². The van der Waals surface area contributed by atoms with E-state index in [4.69, 9.17) is 27.7 Å². The predicted octanol–water partition coefficient (Wildman–Crippen LogP) is 4.11. The minimum Gasteiger partial charge on any atom is -0.360 e. The van der Waals surface area contributed by atoms with E-state index in [0.29, 0.717) is 45.1 Å². The summed E-state index contributed by atoms with van der Waals surface area (Å²) in [5.41, 5.74) is 1.28. The summed E-state index contributed by atoms with van der Waals surface area (Å²) in [5, 5.41) is 11.1. The molecule has 3 rings (SSSR count). The normalized spacial score (nSPS) is 16.5. The summed E-state index contributed by atoms with van der Waals surface area (Å²) in [6.45, 7) is 4.39. The lowest BCUT2D eigenvalue weighted by molar-refractivity contribution is 0.0950. The average Bonchev–Trinajstić information content (AvgIpc) is 3.17. The molecular weight excluding hydrogens is 385 g/mol. The molecule has 1 aromatic heterocycles. The second-order valence-corrected chi connectivity index (χ2v) is 6.78. The number of carbonyl (C=O) groups excluding carboxylic acids is 1. The molecule has 25 heavy (non-hydrogen) atoms. The molecule has 1 aliphatic heterocycles. The van der Waals surface area contributed by atoms with Crippen LogP contribution in [-0.2, 0) is 0 Å². The minimum atomic E-state index is -0.217. The zero-order valence-corrected chi connectivity index (χ0v) is 16.1. The number of hydrogen-bond donors (Lipinski definition) is 2. The number of amides is 1. The first-order chi connectivity index (χ1) is 11.6. The molecule has 1 saturated heterocycles. The van der Waals surface area contributed by atoms with Crippen molar-refractivity contribution < 1.29 is 9.32 Å². The Morgan fingerprint density at radius 2 is 2.12 bits per heavy atom. The summed E-state index contributed by atoms with van der Waals surface area (Å²) in [7, 11) is 0. The zero-order valence-electron chi connectivity index (χ0n) is 13.8. The van der Waals surface area contributed by atoms with E-state index in [1.165, 1.54) is 0 Å². The number of carbonyl (C=O) groups is 1. The van der Waals surface area contributed by atoms with E-state index in [-0.39, 0.29) is 18.3 Å². The lowest BCUT2D eigenvalue weighted by Gasteiger charge is -2.10. The minimum absolute atomic E-state index is 0. The highest BCUT2D eigenvalue weighted by molar-refractivity contribution is 6.39. The van der Waals surface area contributed by atoms with E-state index in [1.54, 1.807) is 25.1 Å². The first-order valence-electron chi connectivity index (χ1n) is 7.97. The smallest absolute Gasteiger partial charge is 0.257 e. The summed E-state index contributed by atoms with van der Waals surface area (Å²) in [6.07, 6.45) is 2.11. The molecule has 2 aromatic rings. The van der Waals surface area contributed by atoms with Gasteiger partial charge < -0.3 is 15.2 Å². The highest BCUT2D eigenvalue weighted by Gasteiger charge is 2.25. The second kappa shape index (κ2) is 8.90. The van der Waals surface area contributed by atoms with Gasteiger partial charge in [-0.3, -0.25) is 4.79 Å². The Morgan fingerprint density at radius 3 is 2.76 bits per heavy atom. The first-order valence-corrected chi connectivity index (χ1v) is 8.73. The van der Waals surface area contributed by atoms with Crippen LogP contribution in [0.2, 0.25) is 10.0 Å². The lowest BCUT2D eigenvalue weighted by Crippen LogP contribution is -2.27. The third-order valence-corrected chi connectivity index (χ3v) is 4.92. The van der Waals surface area contributed by atoms with Crippen molar-refractivity contribution in [1.82, 2.24) is 15.8 Å². The van der Waals surface area contributed by atoms with Gasteiger partial charge in [-0.15, -0.1) is 12.4 Å². The number of aryl methyl sites for hydroxylation is 1. The maximum absolute atomic E-state index is 12.6. The molecule has 1 unspecified atom stereocenters. The molecule has 1 amide bonds. The van der Waals surface area contributed by atoms with Crippen molar-refractivity contribution in [3.63, 3.8) is 0 Å². The van der Waals surface area contributed by atoms with Crippen LogP contribution in [0.4, 0.5) is 0 Å². The van der Waals surface area contributed by atoms with Crippen LogP contribution in [0.1, 0.15) is 29.0 Å². The Morgan fingerprint density at radius 1 is 1.40 bits per heavy atom. The fourth-order valence-corrected chi connectivity index (χ4v) is 3.55. The standard InChI is InChI=1S/C17H19Cl2N3O2.ClH/c1-10-14(17(23)21-8-6-11-5-7-20-9-11)16(22-24-10)15-12(18)3-2-4-13(15)19;/h2-4,11,20H,5-9H2,1H3,(H,21,23);1H. The Hall–Kier alpha value is -1.27. The van der Waals surface area contributed by atoms with E-state index in [2.05, 4.69) is 15.8 Å². The molecule has 1 aromatic carbocycles. The number of halogens is 3. The number of benzene rings is 1. The van der Waals surface area contributed by atoms with Crippen molar-refractivity contribution in [2.45, 2.75) is 19.8 Å². The molecule has 1 atom stereocenters. The average molecular weight is 405 g/mol. The largest absolute Gasteiger partial charge is 0.360 e. The quantitative estimate of drug-likeness (QED) is 0.787. The molecule has 0 radical (unpaired) electrons. The molecule has 1 fully saturated rings. The summed E-state index contributed by atoms with van der Waals surface area (Å²) < 4.78 is 5.22. The van der Waals surface area contributed by atoms with E-state index in [0.717, 1.165) is 25.9 Å². The highest BCUT2D eigenvalue weighted by atomic mass is 35.5. The molecule has 2 heterocycles. The highest BCUT2D eigenvalue weighted by Crippen LogP contribution is 2.36. The van der Waals surface area contributed by atoms with Gasteiger partial charge in [0.25, 0.3) is 5.91 Å². The van der Waals surface area contributed by atoms with Crippen LogP contribution in [0.3, 0.4) is 0 Å². The zero-order chi connectivity index (χ0) is 17.1. The molecule has 0 saturated carbocycles. The monoisotopic (exact) mass is 403 g/mol. The molecule has 2 N–H and O–H groups in total. The van der Waals surface area contributed by atoms with Gasteiger partial charge in [0.15, 0.2) is 0 Å². The number of nitrogens with one attached hydrogen (secondary N) is 2. The third-order valence-electron chi connectivity index (χ3n) is 4.29. The Labute approximate surface area is 162 Å². The van der Waals surface area contributed by atoms with Gasteiger partial charge in [-0.25, -0.2) is 0 Å². The number of hydrogen-bond acceptors (Lipinski definition) is 4. The summed E-state index contributed by atoms with van der Waals surface area (Å²) >= 11 is 12.5. The Bertz CT molecular complexity index is 722. The van der Waals surface area contributed by atoms with E-state index in [9.17, 15) is 4.79 Å². The SMILES string of the molecule is Cc1onc(-c2c(Cl)cccc2Cl)c1C(=O)NCCC1CCNC1.Cl.